The molecule has 1 saturated heterocycles. The Hall–Kier alpha value is -3.31. The summed E-state index contributed by atoms with van der Waals surface area (Å²) in [6.45, 7) is 5.15. The van der Waals surface area contributed by atoms with Gasteiger partial charge in [0, 0.05) is 38.1 Å². The van der Waals surface area contributed by atoms with Gasteiger partial charge in [0.25, 0.3) is 0 Å². The maximum absolute atomic E-state index is 12.4. The Morgan fingerprint density at radius 1 is 0.971 bits per heavy atom. The summed E-state index contributed by atoms with van der Waals surface area (Å²) >= 11 is 0. The summed E-state index contributed by atoms with van der Waals surface area (Å²) < 4.78 is 31.5. The van der Waals surface area contributed by atoms with E-state index in [0.717, 1.165) is 24.1 Å². The number of aromatic nitrogens is 4. The third-order valence-electron chi connectivity index (χ3n) is 5.70. The highest BCUT2D eigenvalue weighted by atomic mass is 32.2. The third-order valence-corrected chi connectivity index (χ3v) is 6.89. The van der Waals surface area contributed by atoms with Gasteiger partial charge in [-0.15, -0.1) is 0 Å². The molecule has 0 radical (unpaired) electrons. The van der Waals surface area contributed by atoms with E-state index in [1.165, 1.54) is 16.9 Å². The second-order valence-electron chi connectivity index (χ2n) is 8.37. The van der Waals surface area contributed by atoms with Crippen molar-refractivity contribution in [1.29, 1.82) is 0 Å². The van der Waals surface area contributed by atoms with E-state index in [2.05, 4.69) is 30.6 Å². The van der Waals surface area contributed by atoms with Crippen molar-refractivity contribution in [2.45, 2.75) is 32.6 Å². The molecule has 0 bridgehead atoms. The number of hydrogen-bond acceptors (Lipinski definition) is 9. The highest BCUT2D eigenvalue weighted by molar-refractivity contribution is 7.92. The molecule has 1 aromatic carbocycles. The Morgan fingerprint density at radius 3 is 2.35 bits per heavy atom. The van der Waals surface area contributed by atoms with Crippen LogP contribution in [0.15, 0.2) is 36.7 Å². The Kier molecular flexibility index (Phi) is 6.94. The lowest BCUT2D eigenvalue weighted by Crippen LogP contribution is -2.26. The smallest absolute Gasteiger partial charge is 0.232 e. The SMILES string of the molecule is Cc1cc(Nc2cc(Nc3ccc(C4CCOCC4)cc3N(C)S(C)(=O)=O)ncn2)nc(C)n1. The Bertz CT molecular complexity index is 1260. The number of aryl methyl sites for hydroxylation is 2. The predicted octanol–water partition coefficient (Wildman–Crippen LogP) is 3.66. The van der Waals surface area contributed by atoms with Gasteiger partial charge in [-0.1, -0.05) is 6.07 Å². The van der Waals surface area contributed by atoms with Gasteiger partial charge in [-0.3, -0.25) is 4.31 Å². The topological polar surface area (TPSA) is 122 Å². The zero-order valence-electron chi connectivity index (χ0n) is 19.7. The first-order valence-corrected chi connectivity index (χ1v) is 12.9. The van der Waals surface area contributed by atoms with Crippen molar-refractivity contribution in [1.82, 2.24) is 19.9 Å². The molecule has 3 heterocycles. The highest BCUT2D eigenvalue weighted by Crippen LogP contribution is 2.35. The molecule has 0 amide bonds. The number of ether oxygens (including phenoxy) is 1. The first-order valence-electron chi connectivity index (χ1n) is 11.0. The number of hydrogen-bond donors (Lipinski definition) is 2. The number of nitrogens with zero attached hydrogens (tertiary/aromatic N) is 5. The molecule has 0 atom stereocenters. The average molecular weight is 484 g/mol. The predicted molar refractivity (Wildman–Crippen MR) is 133 cm³/mol. The molecule has 34 heavy (non-hydrogen) atoms. The molecule has 1 fully saturated rings. The molecule has 0 unspecified atom stereocenters. The van der Waals surface area contributed by atoms with Gasteiger partial charge in [0.2, 0.25) is 10.0 Å². The number of benzene rings is 1. The standard InChI is InChI=1S/C23H29N7O3S/c1-15-11-23(27-16(2)26-15)29-22-13-21(24-14-25-22)28-19-6-5-18(17-7-9-33-10-8-17)12-20(19)30(3)34(4,31)32/h5-6,11-14,17H,7-10H2,1-4H3,(H2,24,25,26,27,28,29). The quantitative estimate of drug-likeness (QED) is 0.518. The molecular formula is C23H29N7O3S. The van der Waals surface area contributed by atoms with Crippen LogP contribution in [0.25, 0.3) is 0 Å². The van der Waals surface area contributed by atoms with E-state index in [0.29, 0.717) is 53.8 Å². The first-order chi connectivity index (χ1) is 16.2. The van der Waals surface area contributed by atoms with E-state index >= 15 is 0 Å². The van der Waals surface area contributed by atoms with Gasteiger partial charge in [0.15, 0.2) is 0 Å². The van der Waals surface area contributed by atoms with Crippen LogP contribution in [0, 0.1) is 13.8 Å². The molecule has 1 aliphatic rings. The summed E-state index contributed by atoms with van der Waals surface area (Å²) in [5.41, 5.74) is 3.13. The molecule has 2 N–H and O–H groups in total. The van der Waals surface area contributed by atoms with E-state index < -0.39 is 10.0 Å². The van der Waals surface area contributed by atoms with E-state index in [9.17, 15) is 8.42 Å². The number of sulfonamides is 1. The number of rotatable bonds is 7. The van der Waals surface area contributed by atoms with Crippen LogP contribution in [0.5, 0.6) is 0 Å². The van der Waals surface area contributed by atoms with Gasteiger partial charge in [0.1, 0.15) is 29.6 Å². The van der Waals surface area contributed by atoms with Crippen LogP contribution in [0.3, 0.4) is 0 Å². The molecule has 180 valence electrons. The van der Waals surface area contributed by atoms with Gasteiger partial charge in [-0.2, -0.15) is 0 Å². The summed E-state index contributed by atoms with van der Waals surface area (Å²) in [6.07, 6.45) is 4.45. The van der Waals surface area contributed by atoms with Crippen LogP contribution < -0.4 is 14.9 Å². The van der Waals surface area contributed by atoms with Crippen molar-refractivity contribution >= 4 is 38.9 Å². The molecule has 3 aromatic rings. The van der Waals surface area contributed by atoms with E-state index in [-0.39, 0.29) is 0 Å². The second-order valence-corrected chi connectivity index (χ2v) is 10.4. The Morgan fingerprint density at radius 2 is 1.68 bits per heavy atom. The van der Waals surface area contributed by atoms with Crippen molar-refractivity contribution < 1.29 is 13.2 Å². The number of nitrogens with one attached hydrogen (secondary N) is 2. The monoisotopic (exact) mass is 483 g/mol. The van der Waals surface area contributed by atoms with Crippen LogP contribution >= 0.6 is 0 Å². The molecule has 0 saturated carbocycles. The zero-order valence-corrected chi connectivity index (χ0v) is 20.6. The van der Waals surface area contributed by atoms with E-state index in [1.54, 1.807) is 13.1 Å². The fourth-order valence-electron chi connectivity index (χ4n) is 3.92. The van der Waals surface area contributed by atoms with E-state index in [4.69, 9.17) is 4.74 Å². The van der Waals surface area contributed by atoms with Crippen LogP contribution in [-0.4, -0.2) is 54.9 Å². The molecular weight excluding hydrogens is 454 g/mol. The van der Waals surface area contributed by atoms with Gasteiger partial charge in [-0.25, -0.2) is 28.4 Å². The molecule has 11 heteroatoms. The second kappa shape index (κ2) is 9.90. The minimum atomic E-state index is -3.47. The fraction of sp³-hybridized carbons (Fsp3) is 0.391. The molecule has 1 aliphatic heterocycles. The van der Waals surface area contributed by atoms with E-state index in [1.807, 2.05) is 38.1 Å². The van der Waals surface area contributed by atoms with Crippen molar-refractivity contribution in [2.75, 3.05) is 41.5 Å². The molecule has 2 aromatic heterocycles. The third kappa shape index (κ3) is 5.78. The van der Waals surface area contributed by atoms with Gasteiger partial charge in [0.05, 0.1) is 17.6 Å². The lowest BCUT2D eigenvalue weighted by molar-refractivity contribution is 0.0853. The lowest BCUT2D eigenvalue weighted by atomic mass is 9.91. The maximum Gasteiger partial charge on any atom is 0.232 e. The van der Waals surface area contributed by atoms with Gasteiger partial charge in [-0.05, 0) is 50.3 Å². The minimum Gasteiger partial charge on any atom is -0.381 e. The molecule has 0 spiro atoms. The zero-order chi connectivity index (χ0) is 24.3. The van der Waals surface area contributed by atoms with Gasteiger partial charge < -0.3 is 15.4 Å². The van der Waals surface area contributed by atoms with Crippen molar-refractivity contribution in [3.8, 4) is 0 Å². The number of anilines is 5. The first kappa shape index (κ1) is 23.8. The van der Waals surface area contributed by atoms with Crippen molar-refractivity contribution in [2.24, 2.45) is 0 Å². The average Bonchev–Trinajstić information content (AvgIpc) is 2.78. The summed E-state index contributed by atoms with van der Waals surface area (Å²) in [5, 5.41) is 6.42. The summed E-state index contributed by atoms with van der Waals surface area (Å²) in [7, 11) is -1.91. The minimum absolute atomic E-state index is 0.337. The summed E-state index contributed by atoms with van der Waals surface area (Å²) in [4.78, 5) is 17.2. The summed E-state index contributed by atoms with van der Waals surface area (Å²) in [6, 6.07) is 9.44. The lowest BCUT2D eigenvalue weighted by Gasteiger charge is -2.26. The Balaban J connectivity index is 1.63. The molecule has 0 aliphatic carbocycles. The van der Waals surface area contributed by atoms with Crippen molar-refractivity contribution in [3.05, 3.63) is 53.7 Å². The maximum atomic E-state index is 12.4. The highest BCUT2D eigenvalue weighted by Gasteiger charge is 2.21. The van der Waals surface area contributed by atoms with Crippen LogP contribution in [0.1, 0.15) is 35.8 Å². The van der Waals surface area contributed by atoms with Crippen LogP contribution in [-0.2, 0) is 14.8 Å². The Labute approximate surface area is 199 Å². The fourth-order valence-corrected chi connectivity index (χ4v) is 4.43. The normalized spacial score (nSPS) is 14.6. The molecule has 4 rings (SSSR count). The van der Waals surface area contributed by atoms with Crippen LogP contribution in [0.4, 0.5) is 28.8 Å². The van der Waals surface area contributed by atoms with Gasteiger partial charge >= 0.3 is 0 Å². The summed E-state index contributed by atoms with van der Waals surface area (Å²) in [5.74, 6) is 2.69. The van der Waals surface area contributed by atoms with Crippen LogP contribution in [0.2, 0.25) is 0 Å². The molecule has 10 nitrogen and oxygen atoms in total. The largest absolute Gasteiger partial charge is 0.381 e. The van der Waals surface area contributed by atoms with Crippen molar-refractivity contribution in [3.63, 3.8) is 0 Å².